The molecular weight excluding hydrogens is 226 g/mol. The molecule has 1 saturated heterocycles. The number of para-hydroxylation sites is 1. The summed E-state index contributed by atoms with van der Waals surface area (Å²) >= 11 is 0. The van der Waals surface area contributed by atoms with Gasteiger partial charge in [-0.2, -0.15) is 0 Å². The number of benzene rings is 1. The molecule has 2 heterocycles. The van der Waals surface area contributed by atoms with E-state index >= 15 is 0 Å². The number of nitrogens with one attached hydrogen (secondary N) is 1. The summed E-state index contributed by atoms with van der Waals surface area (Å²) in [4.78, 5) is 17.6. The van der Waals surface area contributed by atoms with Crippen LogP contribution in [0.3, 0.4) is 0 Å². The van der Waals surface area contributed by atoms with Crippen molar-refractivity contribution in [1.82, 2.24) is 14.5 Å². The molecule has 0 radical (unpaired) electrons. The zero-order valence-electron chi connectivity index (χ0n) is 10.9. The molecule has 4 nitrogen and oxygen atoms in total. The maximum atomic E-state index is 12.2. The summed E-state index contributed by atoms with van der Waals surface area (Å²) in [5, 5.41) is 0. The average Bonchev–Trinajstić information content (AvgIpc) is 2.92. The Morgan fingerprint density at radius 3 is 3.06 bits per heavy atom. The van der Waals surface area contributed by atoms with E-state index in [1.54, 1.807) is 0 Å². The smallest absolute Gasteiger partial charge is 0.305 e. The largest absolute Gasteiger partial charge is 0.327 e. The topological polar surface area (TPSA) is 41.0 Å². The van der Waals surface area contributed by atoms with E-state index < -0.39 is 0 Å². The Bertz CT molecular complexity index is 625. The van der Waals surface area contributed by atoms with Gasteiger partial charge in [0.2, 0.25) is 0 Å². The van der Waals surface area contributed by atoms with Gasteiger partial charge in [0.15, 0.2) is 0 Å². The van der Waals surface area contributed by atoms with Crippen molar-refractivity contribution in [2.24, 2.45) is 0 Å². The summed E-state index contributed by atoms with van der Waals surface area (Å²) in [6.07, 6.45) is 2.45. The van der Waals surface area contributed by atoms with Crippen LogP contribution in [0.15, 0.2) is 23.0 Å². The van der Waals surface area contributed by atoms with Crippen LogP contribution in [0.4, 0.5) is 0 Å². The fourth-order valence-corrected chi connectivity index (χ4v) is 3.11. The van der Waals surface area contributed by atoms with Gasteiger partial charge >= 0.3 is 5.69 Å². The van der Waals surface area contributed by atoms with Crippen LogP contribution in [0.1, 0.15) is 31.5 Å². The molecule has 2 aromatic rings. The van der Waals surface area contributed by atoms with Crippen LogP contribution in [0.2, 0.25) is 0 Å². The van der Waals surface area contributed by atoms with E-state index in [4.69, 9.17) is 0 Å². The maximum Gasteiger partial charge on any atom is 0.327 e. The van der Waals surface area contributed by atoms with Crippen molar-refractivity contribution in [2.75, 3.05) is 13.1 Å². The predicted molar refractivity (Wildman–Crippen MR) is 72.8 cm³/mol. The van der Waals surface area contributed by atoms with E-state index in [0.717, 1.165) is 36.1 Å². The Morgan fingerprint density at radius 1 is 1.44 bits per heavy atom. The Hall–Kier alpha value is -1.55. The first-order valence-corrected chi connectivity index (χ1v) is 6.66. The number of rotatable bonds is 2. The molecule has 4 heteroatoms. The quantitative estimate of drug-likeness (QED) is 0.881. The second kappa shape index (κ2) is 4.28. The van der Waals surface area contributed by atoms with Gasteiger partial charge < -0.3 is 4.98 Å². The van der Waals surface area contributed by atoms with E-state index in [0.29, 0.717) is 0 Å². The molecule has 3 rings (SSSR count). The second-order valence-electron chi connectivity index (χ2n) is 5.02. The molecule has 1 aromatic carbocycles. The number of aryl methyl sites for hydroxylation is 1. The number of fused-ring (bicyclic) bond motifs is 1. The number of hydrogen-bond acceptors (Lipinski definition) is 2. The molecule has 1 aromatic heterocycles. The van der Waals surface area contributed by atoms with Gasteiger partial charge in [-0.25, -0.2) is 4.79 Å². The summed E-state index contributed by atoms with van der Waals surface area (Å²) in [5.41, 5.74) is 3.19. The Balaban J connectivity index is 2.22. The third-order valence-electron chi connectivity index (χ3n) is 3.97. The lowest BCUT2D eigenvalue weighted by molar-refractivity contribution is 0.204. The van der Waals surface area contributed by atoms with Gasteiger partial charge in [-0.1, -0.05) is 19.1 Å². The van der Waals surface area contributed by atoms with Gasteiger partial charge in [0.25, 0.3) is 0 Å². The first-order valence-electron chi connectivity index (χ1n) is 6.66. The molecule has 0 aliphatic carbocycles. The number of aromatic amines is 1. The summed E-state index contributed by atoms with van der Waals surface area (Å²) in [7, 11) is 0. The van der Waals surface area contributed by atoms with Gasteiger partial charge in [-0.3, -0.25) is 9.47 Å². The molecule has 1 aliphatic rings. The summed E-state index contributed by atoms with van der Waals surface area (Å²) in [6.45, 7) is 6.31. The Labute approximate surface area is 106 Å². The molecular formula is C14H19N3O. The van der Waals surface area contributed by atoms with Gasteiger partial charge in [0.05, 0.1) is 17.2 Å². The molecule has 0 saturated carbocycles. The number of nitrogens with zero attached hydrogens (tertiary/aromatic N) is 2. The lowest BCUT2D eigenvalue weighted by Crippen LogP contribution is -2.32. The van der Waals surface area contributed by atoms with Crippen molar-refractivity contribution in [3.63, 3.8) is 0 Å². The minimum absolute atomic E-state index is 0.0182. The Morgan fingerprint density at radius 2 is 2.28 bits per heavy atom. The maximum absolute atomic E-state index is 12.2. The van der Waals surface area contributed by atoms with Crippen LogP contribution in [-0.2, 0) is 0 Å². The first-order chi connectivity index (χ1) is 8.72. The molecule has 1 unspecified atom stereocenters. The Kier molecular flexibility index (Phi) is 2.74. The zero-order valence-corrected chi connectivity index (χ0v) is 10.9. The number of H-pyrrole nitrogens is 1. The number of hydrogen-bond donors (Lipinski definition) is 1. The van der Waals surface area contributed by atoms with E-state index in [2.05, 4.69) is 29.8 Å². The van der Waals surface area contributed by atoms with E-state index in [9.17, 15) is 4.79 Å². The molecule has 1 N–H and O–H groups in total. The number of likely N-dealkylation sites (tertiary alicyclic amines) is 1. The van der Waals surface area contributed by atoms with Crippen molar-refractivity contribution >= 4 is 11.0 Å². The van der Waals surface area contributed by atoms with E-state index in [1.807, 2.05) is 16.7 Å². The lowest BCUT2D eigenvalue weighted by Gasteiger charge is -2.24. The van der Waals surface area contributed by atoms with Crippen molar-refractivity contribution in [3.8, 4) is 0 Å². The van der Waals surface area contributed by atoms with Crippen molar-refractivity contribution in [1.29, 1.82) is 0 Å². The second-order valence-corrected chi connectivity index (χ2v) is 5.02. The van der Waals surface area contributed by atoms with Crippen LogP contribution in [-0.4, -0.2) is 27.5 Å². The number of aromatic nitrogens is 2. The van der Waals surface area contributed by atoms with Crippen LogP contribution in [0.5, 0.6) is 0 Å². The highest BCUT2D eigenvalue weighted by atomic mass is 16.1. The third kappa shape index (κ3) is 1.60. The summed E-state index contributed by atoms with van der Waals surface area (Å²) in [5.74, 6) is 0. The first kappa shape index (κ1) is 11.5. The van der Waals surface area contributed by atoms with Gasteiger partial charge in [0.1, 0.15) is 0 Å². The molecule has 96 valence electrons. The molecule has 1 fully saturated rings. The highest BCUT2D eigenvalue weighted by Crippen LogP contribution is 2.29. The fourth-order valence-electron chi connectivity index (χ4n) is 3.11. The van der Waals surface area contributed by atoms with Gasteiger partial charge in [-0.15, -0.1) is 0 Å². The van der Waals surface area contributed by atoms with Crippen LogP contribution >= 0.6 is 0 Å². The average molecular weight is 245 g/mol. The molecule has 1 aliphatic heterocycles. The minimum Gasteiger partial charge on any atom is -0.305 e. The van der Waals surface area contributed by atoms with Crippen LogP contribution < -0.4 is 5.69 Å². The van der Waals surface area contributed by atoms with Crippen LogP contribution in [0.25, 0.3) is 11.0 Å². The molecule has 0 bridgehead atoms. The lowest BCUT2D eigenvalue weighted by atomic mass is 10.2. The van der Waals surface area contributed by atoms with Crippen molar-refractivity contribution in [3.05, 3.63) is 34.2 Å². The fraction of sp³-hybridized carbons (Fsp3) is 0.500. The SMILES string of the molecule is CCN1CCCC1n1c(=O)[nH]c2cccc(C)c21. The molecule has 1 atom stereocenters. The summed E-state index contributed by atoms with van der Waals surface area (Å²) < 4.78 is 1.95. The predicted octanol–water partition coefficient (Wildman–Crippen LogP) is 2.25. The molecule has 0 spiro atoms. The van der Waals surface area contributed by atoms with Gasteiger partial charge in [0, 0.05) is 6.54 Å². The zero-order chi connectivity index (χ0) is 12.7. The van der Waals surface area contributed by atoms with Crippen LogP contribution in [0, 0.1) is 6.92 Å². The standard InChI is InChI=1S/C14H19N3O/c1-3-16-9-5-8-12(16)17-13-10(2)6-4-7-11(13)15-14(17)18/h4,6-7,12H,3,5,8-9H2,1-2H3,(H,15,18). The monoisotopic (exact) mass is 245 g/mol. The highest BCUT2D eigenvalue weighted by Gasteiger charge is 2.27. The van der Waals surface area contributed by atoms with Crippen molar-refractivity contribution < 1.29 is 0 Å². The number of imidazole rings is 1. The third-order valence-corrected chi connectivity index (χ3v) is 3.97. The van der Waals surface area contributed by atoms with E-state index in [-0.39, 0.29) is 11.9 Å². The minimum atomic E-state index is 0.0182. The highest BCUT2D eigenvalue weighted by molar-refractivity contribution is 5.78. The normalized spacial score (nSPS) is 20.9. The van der Waals surface area contributed by atoms with Gasteiger partial charge in [-0.05, 0) is 37.9 Å². The van der Waals surface area contributed by atoms with Crippen molar-refractivity contribution in [2.45, 2.75) is 32.9 Å². The molecule has 0 amide bonds. The van der Waals surface area contributed by atoms with E-state index in [1.165, 1.54) is 6.42 Å². The molecule has 18 heavy (non-hydrogen) atoms. The summed E-state index contributed by atoms with van der Waals surface area (Å²) in [6, 6.07) is 6.03.